The Kier molecular flexibility index (Phi) is 4.18. The molecule has 2 heteroatoms. The molecule has 26 heavy (non-hydrogen) atoms. The van der Waals surface area contributed by atoms with E-state index in [0.717, 1.165) is 11.3 Å². The van der Waals surface area contributed by atoms with Crippen LogP contribution >= 0.6 is 0 Å². The first-order valence-electron chi connectivity index (χ1n) is 8.88. The summed E-state index contributed by atoms with van der Waals surface area (Å²) in [6.07, 6.45) is 4.14. The molecule has 0 fully saturated rings. The van der Waals surface area contributed by atoms with E-state index in [9.17, 15) is 0 Å². The van der Waals surface area contributed by atoms with Crippen LogP contribution in [-0.2, 0) is 7.05 Å². The van der Waals surface area contributed by atoms with Crippen molar-refractivity contribution in [1.29, 1.82) is 0 Å². The molecule has 128 valence electrons. The van der Waals surface area contributed by atoms with E-state index in [4.69, 9.17) is 4.99 Å². The number of para-hydroxylation sites is 1. The van der Waals surface area contributed by atoms with Gasteiger partial charge in [0, 0.05) is 35.9 Å². The van der Waals surface area contributed by atoms with Gasteiger partial charge in [-0.25, -0.2) is 0 Å². The van der Waals surface area contributed by atoms with Crippen molar-refractivity contribution in [2.24, 2.45) is 12.0 Å². The maximum Gasteiger partial charge on any atom is 0.0688 e. The zero-order valence-corrected chi connectivity index (χ0v) is 15.4. The highest BCUT2D eigenvalue weighted by Gasteiger charge is 2.08. The third-order valence-electron chi connectivity index (χ3n) is 4.90. The molecule has 0 radical (unpaired) electrons. The Morgan fingerprint density at radius 2 is 1.54 bits per heavy atom. The number of rotatable bonds is 3. The van der Waals surface area contributed by atoms with Gasteiger partial charge in [0.25, 0.3) is 0 Å². The first-order chi connectivity index (χ1) is 12.6. The Bertz CT molecular complexity index is 1080. The molecule has 1 aromatic heterocycles. The molecule has 2 nitrogen and oxygen atoms in total. The van der Waals surface area contributed by atoms with Crippen molar-refractivity contribution in [3.8, 4) is 11.1 Å². The first kappa shape index (κ1) is 16.3. The largest absolute Gasteiger partial charge is 0.350 e. The lowest BCUT2D eigenvalue weighted by Gasteiger charge is -2.04. The Labute approximate surface area is 154 Å². The predicted octanol–water partition coefficient (Wildman–Crippen LogP) is 6.21. The van der Waals surface area contributed by atoms with E-state index in [2.05, 4.69) is 92.3 Å². The quantitative estimate of drug-likeness (QED) is 0.395. The summed E-state index contributed by atoms with van der Waals surface area (Å²) in [5, 5.41) is 1.23. The van der Waals surface area contributed by atoms with Gasteiger partial charge < -0.3 is 4.57 Å². The zero-order chi connectivity index (χ0) is 18.1. The van der Waals surface area contributed by atoms with Crippen LogP contribution in [0, 0.1) is 13.8 Å². The van der Waals surface area contributed by atoms with Crippen molar-refractivity contribution < 1.29 is 0 Å². The average molecular weight is 338 g/mol. The summed E-state index contributed by atoms with van der Waals surface area (Å²) in [5.74, 6) is 0. The van der Waals surface area contributed by atoms with Gasteiger partial charge >= 0.3 is 0 Å². The van der Waals surface area contributed by atoms with E-state index < -0.39 is 0 Å². The summed E-state index contributed by atoms with van der Waals surface area (Å²) in [7, 11) is 2.08. The zero-order valence-electron chi connectivity index (χ0n) is 15.4. The second-order valence-corrected chi connectivity index (χ2v) is 6.79. The topological polar surface area (TPSA) is 17.3 Å². The molecule has 0 unspecified atom stereocenters. The molecule has 0 atom stereocenters. The fourth-order valence-electron chi connectivity index (χ4n) is 3.48. The summed E-state index contributed by atoms with van der Waals surface area (Å²) in [6, 6.07) is 23.4. The van der Waals surface area contributed by atoms with Crippen LogP contribution in [0.15, 0.2) is 77.9 Å². The van der Waals surface area contributed by atoms with Gasteiger partial charge in [0.15, 0.2) is 0 Å². The maximum absolute atomic E-state index is 4.80. The molecule has 1 heterocycles. The van der Waals surface area contributed by atoms with Crippen molar-refractivity contribution >= 4 is 22.8 Å². The highest BCUT2D eigenvalue weighted by molar-refractivity contribution is 6.01. The van der Waals surface area contributed by atoms with Gasteiger partial charge in [-0.3, -0.25) is 4.99 Å². The summed E-state index contributed by atoms with van der Waals surface area (Å²) >= 11 is 0. The van der Waals surface area contributed by atoms with Crippen molar-refractivity contribution in [2.75, 3.05) is 0 Å². The highest BCUT2D eigenvalue weighted by atomic mass is 14.9. The van der Waals surface area contributed by atoms with Gasteiger partial charge in [-0.15, -0.1) is 0 Å². The monoisotopic (exact) mass is 338 g/mol. The van der Waals surface area contributed by atoms with Gasteiger partial charge in [0.2, 0.25) is 0 Å². The second kappa shape index (κ2) is 6.64. The van der Waals surface area contributed by atoms with Gasteiger partial charge in [-0.1, -0.05) is 54.6 Å². The number of hydrogen-bond donors (Lipinski definition) is 0. The van der Waals surface area contributed by atoms with E-state index in [1.807, 2.05) is 12.3 Å². The van der Waals surface area contributed by atoms with Crippen LogP contribution in [0.3, 0.4) is 0 Å². The molecule has 3 aromatic carbocycles. The van der Waals surface area contributed by atoms with E-state index in [1.54, 1.807) is 0 Å². The SMILES string of the molecule is Cc1cccc(C)c1N=Cc1cn(C)c2ccc(-c3ccccc3)cc12. The number of aromatic nitrogens is 1. The standard InChI is InChI=1S/C24H22N2/c1-17-8-7-9-18(2)24(17)25-15-21-16-26(3)23-13-12-20(14-22(21)23)19-10-5-4-6-11-19/h4-16H,1-3H3. The first-order valence-corrected chi connectivity index (χ1v) is 8.88. The van der Waals surface area contributed by atoms with Crippen molar-refractivity contribution in [3.63, 3.8) is 0 Å². The second-order valence-electron chi connectivity index (χ2n) is 6.79. The Balaban J connectivity index is 1.81. The molecule has 0 saturated heterocycles. The molecule has 0 saturated carbocycles. The fourth-order valence-corrected chi connectivity index (χ4v) is 3.48. The lowest BCUT2D eigenvalue weighted by molar-refractivity contribution is 0.968. The molecule has 0 amide bonds. The van der Waals surface area contributed by atoms with Gasteiger partial charge in [0.05, 0.1) is 5.69 Å². The smallest absolute Gasteiger partial charge is 0.0688 e. The minimum absolute atomic E-state index is 1.06. The molecular weight excluding hydrogens is 316 g/mol. The number of hydrogen-bond acceptors (Lipinski definition) is 1. The molecule has 0 bridgehead atoms. The number of aryl methyl sites for hydroxylation is 3. The molecule has 0 N–H and O–H groups in total. The minimum Gasteiger partial charge on any atom is -0.350 e. The van der Waals surface area contributed by atoms with Crippen LogP contribution in [0.5, 0.6) is 0 Å². The lowest BCUT2D eigenvalue weighted by atomic mass is 10.0. The fraction of sp³-hybridized carbons (Fsp3) is 0.125. The molecule has 4 aromatic rings. The Morgan fingerprint density at radius 3 is 2.27 bits per heavy atom. The molecule has 4 rings (SSSR count). The summed E-state index contributed by atoms with van der Waals surface area (Å²) < 4.78 is 2.16. The molecule has 0 aliphatic heterocycles. The third kappa shape index (κ3) is 2.95. The third-order valence-corrected chi connectivity index (χ3v) is 4.90. The van der Waals surface area contributed by atoms with Crippen molar-refractivity contribution in [2.45, 2.75) is 13.8 Å². The normalized spacial score (nSPS) is 11.5. The van der Waals surface area contributed by atoms with Gasteiger partial charge in [0.1, 0.15) is 0 Å². The van der Waals surface area contributed by atoms with Crippen LogP contribution in [0.1, 0.15) is 16.7 Å². The maximum atomic E-state index is 4.80. The van der Waals surface area contributed by atoms with E-state index in [-0.39, 0.29) is 0 Å². The summed E-state index contributed by atoms with van der Waals surface area (Å²) in [6.45, 7) is 4.21. The van der Waals surface area contributed by atoms with Crippen LogP contribution in [0.2, 0.25) is 0 Å². The summed E-state index contributed by atoms with van der Waals surface area (Å²) in [5.41, 5.74) is 8.28. The molecule has 0 spiro atoms. The van der Waals surface area contributed by atoms with E-state index >= 15 is 0 Å². The predicted molar refractivity (Wildman–Crippen MR) is 112 cm³/mol. The number of fused-ring (bicyclic) bond motifs is 1. The molecule has 0 aliphatic carbocycles. The number of benzene rings is 3. The van der Waals surface area contributed by atoms with Crippen LogP contribution < -0.4 is 0 Å². The minimum atomic E-state index is 1.06. The number of aliphatic imine (C=N–C) groups is 1. The van der Waals surface area contributed by atoms with E-state index in [1.165, 1.54) is 33.2 Å². The molecular formula is C24H22N2. The Morgan fingerprint density at radius 1 is 0.808 bits per heavy atom. The van der Waals surface area contributed by atoms with Gasteiger partial charge in [-0.05, 0) is 48.2 Å². The lowest BCUT2D eigenvalue weighted by Crippen LogP contribution is -1.83. The van der Waals surface area contributed by atoms with E-state index in [0.29, 0.717) is 0 Å². The highest BCUT2D eigenvalue weighted by Crippen LogP contribution is 2.28. The van der Waals surface area contributed by atoms with Crippen LogP contribution in [0.25, 0.3) is 22.0 Å². The number of nitrogens with zero attached hydrogens (tertiary/aromatic N) is 2. The van der Waals surface area contributed by atoms with Crippen LogP contribution in [0.4, 0.5) is 5.69 Å². The molecule has 0 aliphatic rings. The Hall–Kier alpha value is -3.13. The van der Waals surface area contributed by atoms with Crippen molar-refractivity contribution in [3.05, 3.63) is 89.6 Å². The average Bonchev–Trinajstić information content (AvgIpc) is 2.97. The van der Waals surface area contributed by atoms with Crippen molar-refractivity contribution in [1.82, 2.24) is 4.57 Å². The van der Waals surface area contributed by atoms with Crippen LogP contribution in [-0.4, -0.2) is 10.8 Å². The summed E-state index contributed by atoms with van der Waals surface area (Å²) in [4.78, 5) is 4.80. The van der Waals surface area contributed by atoms with Gasteiger partial charge in [-0.2, -0.15) is 0 Å².